The number of hydrogen-bond acceptors (Lipinski definition) is 5. The Labute approximate surface area is 108 Å². The highest BCUT2D eigenvalue weighted by Gasteiger charge is 2.29. The molecule has 0 amide bonds. The smallest absolute Gasteiger partial charge is 0.178 e. The largest absolute Gasteiger partial charge is 0.382 e. The molecular formula is C13H19N5. The lowest BCUT2D eigenvalue weighted by Gasteiger charge is -2.16. The molecule has 5 heteroatoms. The van der Waals surface area contributed by atoms with Gasteiger partial charge in [-0.3, -0.25) is 4.99 Å². The van der Waals surface area contributed by atoms with Crippen molar-refractivity contribution >= 4 is 11.5 Å². The second-order valence-electron chi connectivity index (χ2n) is 4.44. The zero-order valence-electron chi connectivity index (χ0n) is 10.9. The van der Waals surface area contributed by atoms with Gasteiger partial charge in [-0.1, -0.05) is 26.7 Å². The average molecular weight is 245 g/mol. The molecule has 0 spiro atoms. The van der Waals surface area contributed by atoms with Crippen LogP contribution in [0.15, 0.2) is 9.98 Å². The molecule has 1 rings (SSSR count). The Hall–Kier alpha value is -1.88. The van der Waals surface area contributed by atoms with E-state index in [1.807, 2.05) is 12.1 Å². The standard InChI is InChI=1S/C13H19N5/c1-3-5-6-9(4-2)13-17-11(12(16)18-13)10(7-14)8-15/h9-10,13H,3-6H2,1-2H3,(H2,16,18)/t9-,13-/m1/s1. The first-order valence-electron chi connectivity index (χ1n) is 6.38. The fourth-order valence-corrected chi connectivity index (χ4v) is 2.06. The molecule has 0 aromatic rings. The summed E-state index contributed by atoms with van der Waals surface area (Å²) < 4.78 is 0. The number of hydrogen-bond donors (Lipinski definition) is 1. The summed E-state index contributed by atoms with van der Waals surface area (Å²) in [7, 11) is 0. The molecule has 18 heavy (non-hydrogen) atoms. The van der Waals surface area contributed by atoms with E-state index in [4.69, 9.17) is 16.3 Å². The molecule has 0 aromatic carbocycles. The van der Waals surface area contributed by atoms with Gasteiger partial charge in [0.1, 0.15) is 17.7 Å². The van der Waals surface area contributed by atoms with Crippen molar-refractivity contribution in [1.82, 2.24) is 0 Å². The van der Waals surface area contributed by atoms with Crippen LogP contribution in [0.1, 0.15) is 39.5 Å². The number of amidine groups is 1. The van der Waals surface area contributed by atoms with Gasteiger partial charge in [0.2, 0.25) is 0 Å². The molecular weight excluding hydrogens is 226 g/mol. The van der Waals surface area contributed by atoms with Crippen molar-refractivity contribution in [1.29, 1.82) is 10.5 Å². The number of nitriles is 2. The highest BCUT2D eigenvalue weighted by atomic mass is 15.1. The van der Waals surface area contributed by atoms with Crippen LogP contribution in [0.5, 0.6) is 0 Å². The third kappa shape index (κ3) is 3.07. The Kier molecular flexibility index (Phi) is 5.32. The van der Waals surface area contributed by atoms with Gasteiger partial charge in [-0.2, -0.15) is 10.5 Å². The number of aliphatic imine (C=N–C) groups is 2. The van der Waals surface area contributed by atoms with E-state index in [0.717, 1.165) is 25.7 Å². The predicted octanol–water partition coefficient (Wildman–Crippen LogP) is 2.00. The van der Waals surface area contributed by atoms with E-state index in [1.54, 1.807) is 0 Å². The fourth-order valence-electron chi connectivity index (χ4n) is 2.06. The van der Waals surface area contributed by atoms with Gasteiger partial charge in [-0.05, 0) is 12.8 Å². The maximum atomic E-state index is 8.86. The molecule has 2 atom stereocenters. The molecule has 0 aliphatic carbocycles. The molecule has 0 bridgehead atoms. The van der Waals surface area contributed by atoms with Crippen LogP contribution in [0, 0.1) is 34.5 Å². The lowest BCUT2D eigenvalue weighted by molar-refractivity contribution is 0.384. The number of rotatable bonds is 6. The molecule has 1 aliphatic heterocycles. The van der Waals surface area contributed by atoms with Crippen LogP contribution in [0.3, 0.4) is 0 Å². The Morgan fingerprint density at radius 1 is 1.28 bits per heavy atom. The molecule has 1 heterocycles. The maximum absolute atomic E-state index is 8.86. The molecule has 0 fully saturated rings. The lowest BCUT2D eigenvalue weighted by atomic mass is 9.96. The van der Waals surface area contributed by atoms with Crippen molar-refractivity contribution < 1.29 is 0 Å². The Balaban J connectivity index is 2.83. The SMILES string of the molecule is CCCC[C@@H](CC)[C@H]1N=C(N)C(C(C#N)C#N)=N1. The third-order valence-electron chi connectivity index (χ3n) is 3.21. The van der Waals surface area contributed by atoms with E-state index in [2.05, 4.69) is 23.8 Å². The van der Waals surface area contributed by atoms with E-state index in [1.165, 1.54) is 0 Å². The summed E-state index contributed by atoms with van der Waals surface area (Å²) in [6.07, 6.45) is 4.09. The van der Waals surface area contributed by atoms with Crippen LogP contribution < -0.4 is 5.73 Å². The Bertz CT molecular complexity index is 410. The van der Waals surface area contributed by atoms with Crippen LogP contribution in [-0.4, -0.2) is 17.7 Å². The first-order valence-corrected chi connectivity index (χ1v) is 6.38. The minimum Gasteiger partial charge on any atom is -0.382 e. The summed E-state index contributed by atoms with van der Waals surface area (Å²) in [6, 6.07) is 3.78. The maximum Gasteiger partial charge on any atom is 0.178 e. The van der Waals surface area contributed by atoms with Crippen molar-refractivity contribution in [2.75, 3.05) is 0 Å². The van der Waals surface area contributed by atoms with Crippen molar-refractivity contribution in [3.63, 3.8) is 0 Å². The fraction of sp³-hybridized carbons (Fsp3) is 0.692. The van der Waals surface area contributed by atoms with E-state index in [9.17, 15) is 0 Å². The minimum absolute atomic E-state index is 0.208. The van der Waals surface area contributed by atoms with Gasteiger partial charge >= 0.3 is 0 Å². The zero-order chi connectivity index (χ0) is 13.5. The van der Waals surface area contributed by atoms with Crippen molar-refractivity contribution in [3.05, 3.63) is 0 Å². The van der Waals surface area contributed by atoms with E-state index in [0.29, 0.717) is 11.6 Å². The van der Waals surface area contributed by atoms with Crippen LogP contribution in [0.25, 0.3) is 0 Å². The van der Waals surface area contributed by atoms with Crippen LogP contribution in [0.4, 0.5) is 0 Å². The summed E-state index contributed by atoms with van der Waals surface area (Å²) in [4.78, 5) is 8.68. The van der Waals surface area contributed by atoms with Crippen molar-refractivity contribution in [2.24, 2.45) is 27.6 Å². The van der Waals surface area contributed by atoms with Gasteiger partial charge in [0, 0.05) is 5.92 Å². The quantitative estimate of drug-likeness (QED) is 0.774. The molecule has 0 saturated carbocycles. The molecule has 0 unspecified atom stereocenters. The minimum atomic E-state index is -0.901. The number of nitrogens with two attached hydrogens (primary N) is 1. The van der Waals surface area contributed by atoms with Crippen LogP contribution >= 0.6 is 0 Å². The van der Waals surface area contributed by atoms with Gasteiger partial charge in [0.25, 0.3) is 0 Å². The third-order valence-corrected chi connectivity index (χ3v) is 3.21. The molecule has 5 nitrogen and oxygen atoms in total. The summed E-state index contributed by atoms with van der Waals surface area (Å²) in [5, 5.41) is 17.7. The highest BCUT2D eigenvalue weighted by molar-refractivity contribution is 6.43. The van der Waals surface area contributed by atoms with Crippen molar-refractivity contribution in [2.45, 2.75) is 45.7 Å². The Morgan fingerprint density at radius 2 is 1.94 bits per heavy atom. The highest BCUT2D eigenvalue weighted by Crippen LogP contribution is 2.24. The number of unbranched alkanes of at least 4 members (excludes halogenated alkanes) is 1. The first-order chi connectivity index (χ1) is 8.67. The molecule has 96 valence electrons. The lowest BCUT2D eigenvalue weighted by Crippen LogP contribution is -2.26. The average Bonchev–Trinajstić information content (AvgIpc) is 2.74. The van der Waals surface area contributed by atoms with E-state index in [-0.39, 0.29) is 12.0 Å². The van der Waals surface area contributed by atoms with Crippen LogP contribution in [-0.2, 0) is 0 Å². The van der Waals surface area contributed by atoms with Gasteiger partial charge in [-0.25, -0.2) is 4.99 Å². The summed E-state index contributed by atoms with van der Waals surface area (Å²) in [6.45, 7) is 4.25. The first kappa shape index (κ1) is 14.2. The second-order valence-corrected chi connectivity index (χ2v) is 4.44. The van der Waals surface area contributed by atoms with Gasteiger partial charge in [-0.15, -0.1) is 0 Å². The predicted molar refractivity (Wildman–Crippen MR) is 70.9 cm³/mol. The summed E-state index contributed by atoms with van der Waals surface area (Å²) >= 11 is 0. The number of nitrogens with zero attached hydrogens (tertiary/aromatic N) is 4. The van der Waals surface area contributed by atoms with Crippen LogP contribution in [0.2, 0.25) is 0 Å². The molecule has 2 N–H and O–H groups in total. The van der Waals surface area contributed by atoms with Gasteiger partial charge in [0.15, 0.2) is 5.92 Å². The topological polar surface area (TPSA) is 98.3 Å². The Morgan fingerprint density at radius 3 is 2.44 bits per heavy atom. The van der Waals surface area contributed by atoms with E-state index >= 15 is 0 Å². The zero-order valence-corrected chi connectivity index (χ0v) is 10.9. The van der Waals surface area contributed by atoms with E-state index < -0.39 is 5.92 Å². The molecule has 1 aliphatic rings. The van der Waals surface area contributed by atoms with Gasteiger partial charge < -0.3 is 5.73 Å². The molecule has 0 aromatic heterocycles. The monoisotopic (exact) mass is 245 g/mol. The normalized spacial score (nSPS) is 19.9. The second kappa shape index (κ2) is 6.76. The van der Waals surface area contributed by atoms with Crippen molar-refractivity contribution in [3.8, 4) is 12.1 Å². The summed E-state index contributed by atoms with van der Waals surface area (Å²) in [5.41, 5.74) is 6.11. The molecule has 0 saturated heterocycles. The van der Waals surface area contributed by atoms with Gasteiger partial charge in [0.05, 0.1) is 12.1 Å². The summed E-state index contributed by atoms with van der Waals surface area (Å²) in [5.74, 6) is -0.301. The molecule has 0 radical (unpaired) electrons.